The average molecular weight is 305 g/mol. The maximum atomic E-state index is 12.3. The van der Waals surface area contributed by atoms with Crippen LogP contribution in [0.2, 0.25) is 5.02 Å². The average Bonchev–Trinajstić information content (AvgIpc) is 2.45. The Kier molecular flexibility index (Phi) is 4.70. The molecule has 0 fully saturated rings. The minimum absolute atomic E-state index is 0.229. The van der Waals surface area contributed by atoms with Gasteiger partial charge in [0, 0.05) is 22.8 Å². The number of benzene rings is 2. The molecule has 0 aliphatic rings. The van der Waals surface area contributed by atoms with E-state index in [1.54, 1.807) is 31.4 Å². The first-order chi connectivity index (χ1) is 10.0. The Morgan fingerprint density at radius 2 is 2.00 bits per heavy atom. The quantitative estimate of drug-likeness (QED) is 0.853. The topological polar surface area (TPSA) is 64.3 Å². The number of hydrogen-bond donors (Lipinski definition) is 2. The van der Waals surface area contributed by atoms with Crippen molar-refractivity contribution in [1.82, 2.24) is 5.32 Å². The second kappa shape index (κ2) is 6.50. The summed E-state index contributed by atoms with van der Waals surface area (Å²) in [4.78, 5) is 12.3. The molecule has 5 heteroatoms. The summed E-state index contributed by atoms with van der Waals surface area (Å²) in [5.74, 6) is 0.410. The summed E-state index contributed by atoms with van der Waals surface area (Å²) in [7, 11) is 1.57. The number of amides is 1. The lowest BCUT2D eigenvalue weighted by atomic mass is 10.1. The second-order valence-electron chi connectivity index (χ2n) is 4.64. The lowest BCUT2D eigenvalue weighted by molar-refractivity contribution is 0.0951. The molecule has 2 aromatic carbocycles. The number of rotatable bonds is 4. The van der Waals surface area contributed by atoms with Crippen LogP contribution in [0.1, 0.15) is 21.5 Å². The molecule has 0 aliphatic carbocycles. The van der Waals surface area contributed by atoms with Gasteiger partial charge in [0.25, 0.3) is 5.91 Å². The second-order valence-corrected chi connectivity index (χ2v) is 5.05. The summed E-state index contributed by atoms with van der Waals surface area (Å²) in [5.41, 5.74) is 8.38. The van der Waals surface area contributed by atoms with Gasteiger partial charge in [-0.15, -0.1) is 0 Å². The first-order valence-electron chi connectivity index (χ1n) is 6.49. The van der Waals surface area contributed by atoms with Crippen LogP contribution >= 0.6 is 11.6 Å². The lowest BCUT2D eigenvalue weighted by Crippen LogP contribution is -2.25. The summed E-state index contributed by atoms with van der Waals surface area (Å²) in [6, 6.07) is 10.7. The molecular weight excluding hydrogens is 288 g/mol. The third kappa shape index (κ3) is 3.28. The molecular formula is C16H17ClN2O2. The SMILES string of the molecule is COc1cccc(Cl)c1CNC(=O)c1c(C)cccc1N. The Bertz CT molecular complexity index is 651. The molecule has 110 valence electrons. The van der Waals surface area contributed by atoms with Gasteiger partial charge in [-0.05, 0) is 30.7 Å². The van der Waals surface area contributed by atoms with Crippen molar-refractivity contribution in [3.8, 4) is 5.75 Å². The van der Waals surface area contributed by atoms with E-state index in [2.05, 4.69) is 5.32 Å². The van der Waals surface area contributed by atoms with E-state index in [1.165, 1.54) is 0 Å². The van der Waals surface area contributed by atoms with E-state index in [9.17, 15) is 4.79 Å². The molecule has 0 saturated heterocycles. The van der Waals surface area contributed by atoms with Crippen molar-refractivity contribution < 1.29 is 9.53 Å². The highest BCUT2D eigenvalue weighted by atomic mass is 35.5. The van der Waals surface area contributed by atoms with Crippen LogP contribution in [0.4, 0.5) is 5.69 Å². The summed E-state index contributed by atoms with van der Waals surface area (Å²) >= 11 is 6.14. The van der Waals surface area contributed by atoms with Gasteiger partial charge in [0.2, 0.25) is 0 Å². The largest absolute Gasteiger partial charge is 0.496 e. The van der Waals surface area contributed by atoms with Crippen LogP contribution in [0.15, 0.2) is 36.4 Å². The van der Waals surface area contributed by atoms with E-state index in [0.717, 1.165) is 11.1 Å². The van der Waals surface area contributed by atoms with Crippen LogP contribution in [0.5, 0.6) is 5.75 Å². The summed E-state index contributed by atoms with van der Waals surface area (Å²) in [5, 5.41) is 3.38. The van der Waals surface area contributed by atoms with Crippen LogP contribution in [-0.2, 0) is 6.54 Å². The highest BCUT2D eigenvalue weighted by Gasteiger charge is 2.14. The maximum Gasteiger partial charge on any atom is 0.253 e. The fraction of sp³-hybridized carbons (Fsp3) is 0.188. The molecule has 1 amide bonds. The van der Waals surface area contributed by atoms with Crippen LogP contribution in [-0.4, -0.2) is 13.0 Å². The molecule has 4 nitrogen and oxygen atoms in total. The molecule has 0 unspecified atom stereocenters. The maximum absolute atomic E-state index is 12.3. The molecule has 0 spiro atoms. The monoisotopic (exact) mass is 304 g/mol. The normalized spacial score (nSPS) is 10.2. The van der Waals surface area contributed by atoms with Crippen LogP contribution in [0.25, 0.3) is 0 Å². The van der Waals surface area contributed by atoms with Crippen molar-refractivity contribution in [1.29, 1.82) is 0 Å². The highest BCUT2D eigenvalue weighted by Crippen LogP contribution is 2.26. The molecule has 21 heavy (non-hydrogen) atoms. The Hall–Kier alpha value is -2.20. The predicted octanol–water partition coefficient (Wildman–Crippen LogP) is 3.17. The van der Waals surface area contributed by atoms with Crippen molar-refractivity contribution in [2.45, 2.75) is 13.5 Å². The number of anilines is 1. The number of nitrogen functional groups attached to an aromatic ring is 1. The molecule has 0 bridgehead atoms. The van der Waals surface area contributed by atoms with Gasteiger partial charge in [0.1, 0.15) is 5.75 Å². The summed E-state index contributed by atoms with van der Waals surface area (Å²) in [6.07, 6.45) is 0. The van der Waals surface area contributed by atoms with Gasteiger partial charge in [-0.3, -0.25) is 4.79 Å². The Balaban J connectivity index is 2.19. The van der Waals surface area contributed by atoms with Gasteiger partial charge >= 0.3 is 0 Å². The molecule has 0 aromatic heterocycles. The molecule has 0 atom stereocenters. The Morgan fingerprint density at radius 1 is 1.29 bits per heavy atom. The third-order valence-corrected chi connectivity index (χ3v) is 3.61. The van der Waals surface area contributed by atoms with Crippen molar-refractivity contribution in [3.63, 3.8) is 0 Å². The number of carbonyl (C=O) groups is 1. The highest BCUT2D eigenvalue weighted by molar-refractivity contribution is 6.31. The molecule has 0 aliphatic heterocycles. The van der Waals surface area contributed by atoms with Gasteiger partial charge < -0.3 is 15.8 Å². The van der Waals surface area contributed by atoms with E-state index in [1.807, 2.05) is 19.1 Å². The van der Waals surface area contributed by atoms with Gasteiger partial charge in [-0.1, -0.05) is 29.8 Å². The molecule has 3 N–H and O–H groups in total. The van der Waals surface area contributed by atoms with E-state index < -0.39 is 0 Å². The van der Waals surface area contributed by atoms with Crippen molar-refractivity contribution in [3.05, 3.63) is 58.1 Å². The number of hydrogen-bond acceptors (Lipinski definition) is 3. The first-order valence-corrected chi connectivity index (χ1v) is 6.87. The fourth-order valence-electron chi connectivity index (χ4n) is 2.16. The number of aryl methyl sites for hydroxylation is 1. The molecule has 2 aromatic rings. The number of halogens is 1. The van der Waals surface area contributed by atoms with Gasteiger partial charge in [-0.2, -0.15) is 0 Å². The molecule has 0 heterocycles. The zero-order chi connectivity index (χ0) is 15.4. The smallest absolute Gasteiger partial charge is 0.253 e. The number of ether oxygens (including phenoxy) is 1. The van der Waals surface area contributed by atoms with Crippen LogP contribution < -0.4 is 15.8 Å². The summed E-state index contributed by atoms with van der Waals surface area (Å²) < 4.78 is 5.25. The third-order valence-electron chi connectivity index (χ3n) is 3.25. The minimum Gasteiger partial charge on any atom is -0.496 e. The van der Waals surface area contributed by atoms with E-state index in [-0.39, 0.29) is 12.5 Å². The zero-order valence-corrected chi connectivity index (χ0v) is 12.7. The van der Waals surface area contributed by atoms with Crippen molar-refractivity contribution in [2.24, 2.45) is 0 Å². The van der Waals surface area contributed by atoms with Gasteiger partial charge in [0.05, 0.1) is 12.7 Å². The summed E-state index contributed by atoms with van der Waals surface area (Å²) in [6.45, 7) is 2.12. The van der Waals surface area contributed by atoms with Gasteiger partial charge in [0.15, 0.2) is 0 Å². The minimum atomic E-state index is -0.229. The lowest BCUT2D eigenvalue weighted by Gasteiger charge is -2.13. The van der Waals surface area contributed by atoms with Crippen molar-refractivity contribution in [2.75, 3.05) is 12.8 Å². The Labute approximate surface area is 128 Å². The number of methoxy groups -OCH3 is 1. The molecule has 2 rings (SSSR count). The molecule has 0 radical (unpaired) electrons. The first kappa shape index (κ1) is 15.2. The number of nitrogens with one attached hydrogen (secondary N) is 1. The van der Waals surface area contributed by atoms with Gasteiger partial charge in [-0.25, -0.2) is 0 Å². The number of nitrogens with two attached hydrogens (primary N) is 1. The standard InChI is InChI=1S/C16H17ClN2O2/c1-10-5-3-7-13(18)15(10)16(20)19-9-11-12(17)6-4-8-14(11)21-2/h3-8H,9,18H2,1-2H3,(H,19,20). The van der Waals surface area contributed by atoms with E-state index in [0.29, 0.717) is 22.0 Å². The fourth-order valence-corrected chi connectivity index (χ4v) is 2.39. The zero-order valence-electron chi connectivity index (χ0n) is 11.9. The van der Waals surface area contributed by atoms with E-state index in [4.69, 9.17) is 22.1 Å². The van der Waals surface area contributed by atoms with Crippen LogP contribution in [0.3, 0.4) is 0 Å². The Morgan fingerprint density at radius 3 is 2.67 bits per heavy atom. The van der Waals surface area contributed by atoms with Crippen molar-refractivity contribution >= 4 is 23.2 Å². The van der Waals surface area contributed by atoms with E-state index >= 15 is 0 Å². The van der Waals surface area contributed by atoms with Crippen LogP contribution in [0, 0.1) is 6.92 Å². The molecule has 0 saturated carbocycles. The predicted molar refractivity (Wildman–Crippen MR) is 84.8 cm³/mol. The number of carbonyl (C=O) groups excluding carboxylic acids is 1.